The van der Waals surface area contributed by atoms with Crippen LogP contribution in [0.25, 0.3) is 32.0 Å². The number of thiophene rings is 2. The van der Waals surface area contributed by atoms with Crippen LogP contribution in [0.4, 0.5) is 35.1 Å². The predicted octanol–water partition coefficient (Wildman–Crippen LogP) is 9.02. The maximum atomic E-state index is 15.5. The monoisotopic (exact) mass is 572 g/mol. The molecule has 198 valence electrons. The van der Waals surface area contributed by atoms with Crippen LogP contribution in [-0.4, -0.2) is 33.7 Å². The van der Waals surface area contributed by atoms with E-state index in [1.807, 2.05) is 0 Å². The Morgan fingerprint density at radius 3 is 1.18 bits per heavy atom. The number of halogens is 8. The van der Waals surface area contributed by atoms with Crippen LogP contribution in [-0.2, 0) is 0 Å². The van der Waals surface area contributed by atoms with Crippen molar-refractivity contribution >= 4 is 33.8 Å². The van der Waals surface area contributed by atoms with Gasteiger partial charge in [-0.15, -0.1) is 22.7 Å². The number of allylic oxidation sites excluding steroid dienone is 2. The van der Waals surface area contributed by atoms with E-state index in [0.717, 1.165) is 34.8 Å². The molecule has 2 nitrogen and oxygen atoms in total. The molecule has 0 aliphatic heterocycles. The Balaban J connectivity index is 1.86. The highest BCUT2D eigenvalue weighted by Gasteiger charge is 2.86. The topological polar surface area (TPSA) is 25.8 Å². The van der Waals surface area contributed by atoms with E-state index in [0.29, 0.717) is 20.9 Å². The van der Waals surface area contributed by atoms with Crippen LogP contribution >= 0.6 is 22.7 Å². The fraction of sp³-hybridized carbons (Fsp3) is 0.231. The average molecular weight is 573 g/mol. The van der Waals surface area contributed by atoms with E-state index in [-0.39, 0.29) is 9.75 Å². The first-order chi connectivity index (χ1) is 17.7. The number of alkyl halides is 8. The molecule has 0 aromatic carbocycles. The van der Waals surface area contributed by atoms with Crippen molar-refractivity contribution in [1.82, 2.24) is 9.97 Å². The third-order valence-corrected chi connectivity index (χ3v) is 8.56. The van der Waals surface area contributed by atoms with Gasteiger partial charge in [-0.1, -0.05) is 0 Å². The normalized spacial score (nSPS) is 19.5. The summed E-state index contributed by atoms with van der Waals surface area (Å²) in [6, 6.07) is 8.18. The van der Waals surface area contributed by atoms with E-state index in [4.69, 9.17) is 0 Å². The van der Waals surface area contributed by atoms with Gasteiger partial charge in [0.25, 0.3) is 0 Å². The van der Waals surface area contributed by atoms with E-state index in [1.54, 1.807) is 0 Å². The molecule has 5 rings (SSSR count). The smallest absolute Gasteiger partial charge is 0.265 e. The van der Waals surface area contributed by atoms with Gasteiger partial charge in [-0.05, 0) is 72.5 Å². The van der Waals surface area contributed by atoms with Gasteiger partial charge in [0.2, 0.25) is 0 Å². The molecule has 4 aromatic heterocycles. The Morgan fingerprint density at radius 2 is 0.868 bits per heavy atom. The molecular weight excluding hydrogens is 556 g/mol. The lowest BCUT2D eigenvalue weighted by Gasteiger charge is -2.44. The highest BCUT2D eigenvalue weighted by Crippen LogP contribution is 2.67. The first kappa shape index (κ1) is 26.5. The Hall–Kier alpha value is -3.12. The number of hydrogen-bond donors (Lipinski definition) is 0. The molecule has 1 aliphatic carbocycles. The second kappa shape index (κ2) is 8.70. The zero-order valence-electron chi connectivity index (χ0n) is 19.5. The standard InChI is InChI=1S/C26H16F8N2S2/c1-13-17(11-19(37-13)15-3-7-35-8-4-15)21-22(24(29,30)26(33,34)25(31,32)23(21,27)28)18-12-20(38-14(18)2)16-5-9-36-10-6-16/h3-12H,1-2H3. The molecule has 4 heterocycles. The minimum atomic E-state index is -6.37. The van der Waals surface area contributed by atoms with Crippen molar-refractivity contribution in [1.29, 1.82) is 0 Å². The van der Waals surface area contributed by atoms with Gasteiger partial charge in [0.15, 0.2) is 0 Å². The lowest BCUT2D eigenvalue weighted by molar-refractivity contribution is -0.344. The molecule has 0 unspecified atom stereocenters. The van der Waals surface area contributed by atoms with Crippen molar-refractivity contribution in [2.24, 2.45) is 0 Å². The lowest BCUT2D eigenvalue weighted by atomic mass is 9.75. The summed E-state index contributed by atoms with van der Waals surface area (Å²) < 4.78 is 121. The number of rotatable bonds is 4. The maximum absolute atomic E-state index is 15.5. The van der Waals surface area contributed by atoms with Gasteiger partial charge >= 0.3 is 23.7 Å². The molecule has 0 saturated carbocycles. The van der Waals surface area contributed by atoms with Gasteiger partial charge in [-0.25, -0.2) is 0 Å². The molecule has 1 aliphatic rings. The van der Waals surface area contributed by atoms with Crippen molar-refractivity contribution in [3.63, 3.8) is 0 Å². The minimum Gasteiger partial charge on any atom is -0.265 e. The van der Waals surface area contributed by atoms with E-state index in [2.05, 4.69) is 9.97 Å². The Bertz CT molecular complexity index is 1420. The van der Waals surface area contributed by atoms with E-state index < -0.39 is 46.0 Å². The van der Waals surface area contributed by atoms with Crippen LogP contribution in [0.1, 0.15) is 20.9 Å². The summed E-state index contributed by atoms with van der Waals surface area (Å²) in [5.74, 6) is -24.0. The SMILES string of the molecule is Cc1sc(-c2ccncc2)cc1C1=C(c2cc(-c3ccncc3)sc2C)C(F)(F)C(F)(F)C(F)(F)C1(F)F. The molecule has 4 aromatic rings. The lowest BCUT2D eigenvalue weighted by Crippen LogP contribution is -2.66. The van der Waals surface area contributed by atoms with E-state index in [1.165, 1.54) is 62.9 Å². The van der Waals surface area contributed by atoms with Crippen LogP contribution in [0.3, 0.4) is 0 Å². The van der Waals surface area contributed by atoms with Crippen LogP contribution in [0.5, 0.6) is 0 Å². The summed E-state index contributed by atoms with van der Waals surface area (Å²) in [6.45, 7) is 2.58. The van der Waals surface area contributed by atoms with Gasteiger partial charge in [-0.2, -0.15) is 35.1 Å². The number of aryl methyl sites for hydroxylation is 2. The third-order valence-electron chi connectivity index (χ3n) is 6.36. The van der Waals surface area contributed by atoms with Crippen LogP contribution in [0.15, 0.2) is 61.2 Å². The van der Waals surface area contributed by atoms with Crippen molar-refractivity contribution in [2.75, 3.05) is 0 Å². The predicted molar refractivity (Wildman–Crippen MR) is 131 cm³/mol. The summed E-state index contributed by atoms with van der Waals surface area (Å²) >= 11 is 1.78. The third kappa shape index (κ3) is 3.64. The van der Waals surface area contributed by atoms with Crippen LogP contribution < -0.4 is 0 Å². The summed E-state index contributed by atoms with van der Waals surface area (Å²) in [5, 5.41) is 0. The second-order valence-corrected chi connectivity index (χ2v) is 11.2. The first-order valence-electron chi connectivity index (χ1n) is 11.0. The van der Waals surface area contributed by atoms with Gasteiger partial charge in [0.05, 0.1) is 0 Å². The molecule has 0 spiro atoms. The summed E-state index contributed by atoms with van der Waals surface area (Å²) in [5.41, 5.74) is -3.97. The van der Waals surface area contributed by atoms with Crippen molar-refractivity contribution in [2.45, 2.75) is 37.5 Å². The number of hydrogen-bond acceptors (Lipinski definition) is 4. The Kier molecular flexibility index (Phi) is 6.06. The van der Waals surface area contributed by atoms with Gasteiger partial charge < -0.3 is 0 Å². The highest BCUT2D eigenvalue weighted by atomic mass is 32.1. The summed E-state index contributed by atoms with van der Waals surface area (Å²) in [7, 11) is 0. The van der Waals surface area contributed by atoms with E-state index in [9.17, 15) is 17.6 Å². The highest BCUT2D eigenvalue weighted by molar-refractivity contribution is 7.16. The molecule has 38 heavy (non-hydrogen) atoms. The molecule has 0 saturated heterocycles. The summed E-state index contributed by atoms with van der Waals surface area (Å²) in [6.07, 6.45) is 5.62. The Morgan fingerprint density at radius 1 is 0.553 bits per heavy atom. The van der Waals surface area contributed by atoms with Gasteiger partial charge in [0, 0.05) is 55.4 Å². The second-order valence-electron chi connectivity index (χ2n) is 8.68. The fourth-order valence-corrected chi connectivity index (χ4v) is 6.47. The average Bonchev–Trinajstić information content (AvgIpc) is 3.44. The molecular formula is C26H16F8N2S2. The van der Waals surface area contributed by atoms with Crippen molar-refractivity contribution in [3.05, 3.63) is 82.1 Å². The zero-order chi connectivity index (χ0) is 27.7. The Labute approximate surface area is 219 Å². The molecule has 12 heteroatoms. The number of pyridine rings is 2. The largest absolute Gasteiger partial charge is 0.382 e. The first-order valence-corrected chi connectivity index (χ1v) is 12.6. The minimum absolute atomic E-state index is 0.0111. The molecule has 0 bridgehead atoms. The van der Waals surface area contributed by atoms with Gasteiger partial charge in [0.1, 0.15) is 0 Å². The van der Waals surface area contributed by atoms with Crippen molar-refractivity contribution < 1.29 is 35.1 Å². The fourth-order valence-electron chi connectivity index (χ4n) is 4.41. The summed E-state index contributed by atoms with van der Waals surface area (Å²) in [4.78, 5) is 8.27. The number of aromatic nitrogens is 2. The molecule has 0 radical (unpaired) electrons. The number of nitrogens with zero attached hydrogens (tertiary/aromatic N) is 2. The van der Waals surface area contributed by atoms with Crippen molar-refractivity contribution in [3.8, 4) is 20.9 Å². The van der Waals surface area contributed by atoms with Crippen LogP contribution in [0, 0.1) is 13.8 Å². The quantitative estimate of drug-likeness (QED) is 0.228. The van der Waals surface area contributed by atoms with Crippen LogP contribution in [0.2, 0.25) is 0 Å². The maximum Gasteiger partial charge on any atom is 0.382 e. The molecule has 0 amide bonds. The van der Waals surface area contributed by atoms with E-state index >= 15 is 17.6 Å². The molecule has 0 atom stereocenters. The zero-order valence-corrected chi connectivity index (χ0v) is 21.1. The molecule has 0 fully saturated rings. The van der Waals surface area contributed by atoms with Gasteiger partial charge in [-0.3, -0.25) is 9.97 Å². The molecule has 0 N–H and O–H groups in total.